The zero-order valence-corrected chi connectivity index (χ0v) is 21.1. The van der Waals surface area contributed by atoms with Crippen molar-refractivity contribution in [3.05, 3.63) is 52.0 Å². The molecular weight excluding hydrogens is 490 g/mol. The maximum atomic E-state index is 13.8. The van der Waals surface area contributed by atoms with Gasteiger partial charge in [0.05, 0.1) is 29.0 Å². The van der Waals surface area contributed by atoms with E-state index in [1.54, 1.807) is 20.2 Å². The molecule has 1 aliphatic rings. The van der Waals surface area contributed by atoms with Crippen molar-refractivity contribution in [3.8, 4) is 6.07 Å². The van der Waals surface area contributed by atoms with Gasteiger partial charge in [-0.1, -0.05) is 13.8 Å². The van der Waals surface area contributed by atoms with E-state index in [0.29, 0.717) is 48.7 Å². The highest BCUT2D eigenvalue weighted by atomic mass is 19.4. The predicted octanol–water partition coefficient (Wildman–Crippen LogP) is 4.25. The van der Waals surface area contributed by atoms with Gasteiger partial charge in [-0.15, -0.1) is 0 Å². The molecule has 8 nitrogen and oxygen atoms in total. The Balaban J connectivity index is 1.75. The molecule has 0 aromatic carbocycles. The second-order valence-corrected chi connectivity index (χ2v) is 9.39. The number of aromatic nitrogens is 4. The Morgan fingerprint density at radius 1 is 1.19 bits per heavy atom. The van der Waals surface area contributed by atoms with Crippen LogP contribution in [0.4, 0.5) is 23.2 Å². The van der Waals surface area contributed by atoms with E-state index in [2.05, 4.69) is 21.1 Å². The number of nitriles is 1. The number of piperazine rings is 1. The number of pyridine rings is 2. The number of rotatable bonds is 6. The Morgan fingerprint density at radius 2 is 1.89 bits per heavy atom. The summed E-state index contributed by atoms with van der Waals surface area (Å²) in [4.78, 5) is 20.4. The standard InChI is InChI=1S/C25H29F4N7O/c1-5-16-13-36(20-10-23(37)33(4)21-14-34(8-7-30)32-24(20)21)17(6-2)12-35(16)15(3)18-11-31-22(26)9-19(18)25(27,28)29/h9-11,14-17H,5-6,8,12-13H2,1-4H3/t15?,16-,17+/m1/s1. The number of nitrogens with zero attached hydrogens (tertiary/aromatic N) is 7. The molecule has 0 aliphatic carbocycles. The lowest BCUT2D eigenvalue weighted by atomic mass is 9.95. The monoisotopic (exact) mass is 519 g/mol. The number of aryl methyl sites for hydroxylation is 1. The van der Waals surface area contributed by atoms with E-state index in [1.165, 1.54) is 15.3 Å². The van der Waals surface area contributed by atoms with Crippen LogP contribution in [0.3, 0.4) is 0 Å². The highest BCUT2D eigenvalue weighted by molar-refractivity contribution is 5.88. The first-order valence-electron chi connectivity index (χ1n) is 12.2. The summed E-state index contributed by atoms with van der Waals surface area (Å²) in [5, 5.41) is 13.7. The average molecular weight is 520 g/mol. The number of hydrogen-bond donors (Lipinski definition) is 0. The number of alkyl halides is 3. The molecule has 1 aliphatic heterocycles. The lowest BCUT2D eigenvalue weighted by Gasteiger charge is -2.49. The molecule has 37 heavy (non-hydrogen) atoms. The van der Waals surface area contributed by atoms with E-state index in [9.17, 15) is 22.4 Å². The van der Waals surface area contributed by atoms with Crippen LogP contribution < -0.4 is 10.5 Å². The van der Waals surface area contributed by atoms with Crippen molar-refractivity contribution in [1.29, 1.82) is 5.26 Å². The molecule has 0 amide bonds. The smallest absolute Gasteiger partial charge is 0.364 e. The van der Waals surface area contributed by atoms with Gasteiger partial charge in [-0.05, 0) is 25.3 Å². The van der Waals surface area contributed by atoms with Gasteiger partial charge in [-0.2, -0.15) is 27.9 Å². The SMILES string of the molecule is CC[C@H]1CN(C(C)c2cnc(F)cc2C(F)(F)F)[C@H](CC)CN1c1cc(=O)n(C)c2cn(CC#N)nc12. The Kier molecular flexibility index (Phi) is 7.28. The zero-order chi connectivity index (χ0) is 27.1. The summed E-state index contributed by atoms with van der Waals surface area (Å²) in [5.74, 6) is -1.17. The topological polar surface area (TPSA) is 83.0 Å². The molecule has 1 unspecified atom stereocenters. The van der Waals surface area contributed by atoms with Crippen molar-refractivity contribution in [1.82, 2.24) is 24.2 Å². The zero-order valence-electron chi connectivity index (χ0n) is 21.1. The third kappa shape index (κ3) is 4.92. The molecule has 3 atom stereocenters. The number of halogens is 4. The van der Waals surface area contributed by atoms with Crippen molar-refractivity contribution in [2.45, 2.75) is 64.5 Å². The molecule has 198 valence electrons. The summed E-state index contributed by atoms with van der Waals surface area (Å²) in [5.41, 5.74) is 0.533. The first-order chi connectivity index (χ1) is 17.5. The summed E-state index contributed by atoms with van der Waals surface area (Å²) >= 11 is 0. The van der Waals surface area contributed by atoms with Crippen molar-refractivity contribution in [3.63, 3.8) is 0 Å². The quantitative estimate of drug-likeness (QED) is 0.358. The van der Waals surface area contributed by atoms with E-state index >= 15 is 0 Å². The summed E-state index contributed by atoms with van der Waals surface area (Å²) < 4.78 is 57.9. The first-order valence-corrected chi connectivity index (χ1v) is 12.2. The predicted molar refractivity (Wildman–Crippen MR) is 130 cm³/mol. The second-order valence-electron chi connectivity index (χ2n) is 9.39. The Hall–Kier alpha value is -3.46. The molecule has 1 saturated heterocycles. The van der Waals surface area contributed by atoms with Gasteiger partial charge in [-0.3, -0.25) is 14.4 Å². The van der Waals surface area contributed by atoms with Crippen molar-refractivity contribution in [2.75, 3.05) is 18.0 Å². The fourth-order valence-corrected chi connectivity index (χ4v) is 5.26. The molecule has 4 heterocycles. The highest BCUT2D eigenvalue weighted by Crippen LogP contribution is 2.39. The van der Waals surface area contributed by atoms with E-state index in [4.69, 9.17) is 5.26 Å². The maximum absolute atomic E-state index is 13.8. The Labute approximate surface area is 211 Å². The fourth-order valence-electron chi connectivity index (χ4n) is 5.26. The van der Waals surface area contributed by atoms with E-state index in [-0.39, 0.29) is 29.8 Å². The van der Waals surface area contributed by atoms with Crippen molar-refractivity contribution < 1.29 is 17.6 Å². The van der Waals surface area contributed by atoms with Crippen molar-refractivity contribution in [2.24, 2.45) is 7.05 Å². The maximum Gasteiger partial charge on any atom is 0.416 e. The third-order valence-corrected chi connectivity index (χ3v) is 7.31. The van der Waals surface area contributed by atoms with Gasteiger partial charge in [0.1, 0.15) is 12.1 Å². The van der Waals surface area contributed by atoms with Crippen LogP contribution in [0, 0.1) is 17.3 Å². The van der Waals surface area contributed by atoms with Gasteiger partial charge in [0, 0.05) is 56.6 Å². The molecule has 0 N–H and O–H groups in total. The summed E-state index contributed by atoms with van der Waals surface area (Å²) in [7, 11) is 1.65. The van der Waals surface area contributed by atoms with Gasteiger partial charge < -0.3 is 9.47 Å². The molecule has 3 aromatic heterocycles. The van der Waals surface area contributed by atoms with Crippen molar-refractivity contribution >= 4 is 16.7 Å². The van der Waals surface area contributed by atoms with Gasteiger partial charge in [-0.25, -0.2) is 4.98 Å². The second kappa shape index (κ2) is 10.1. The fraction of sp³-hybridized carbons (Fsp3) is 0.520. The Morgan fingerprint density at radius 3 is 2.51 bits per heavy atom. The molecule has 0 radical (unpaired) electrons. The minimum atomic E-state index is -4.71. The van der Waals surface area contributed by atoms with Gasteiger partial charge in [0.15, 0.2) is 0 Å². The first kappa shape index (κ1) is 26.6. The van der Waals surface area contributed by atoms with Gasteiger partial charge in [0.25, 0.3) is 5.56 Å². The average Bonchev–Trinajstić information content (AvgIpc) is 3.29. The molecule has 0 bridgehead atoms. The van der Waals surface area contributed by atoms with E-state index in [1.807, 2.05) is 18.7 Å². The van der Waals surface area contributed by atoms with E-state index in [0.717, 1.165) is 6.20 Å². The number of anilines is 1. The lowest BCUT2D eigenvalue weighted by molar-refractivity contribution is -0.139. The van der Waals surface area contributed by atoms with Crippen LogP contribution >= 0.6 is 0 Å². The minimum Gasteiger partial charge on any atom is -0.364 e. The summed E-state index contributed by atoms with van der Waals surface area (Å²) in [6, 6.07) is 3.10. The van der Waals surface area contributed by atoms with Crippen LogP contribution in [0.2, 0.25) is 0 Å². The van der Waals surface area contributed by atoms with Crippen LogP contribution in [-0.2, 0) is 19.8 Å². The molecule has 0 spiro atoms. The van der Waals surface area contributed by atoms with Crippen LogP contribution in [-0.4, -0.2) is 49.4 Å². The molecule has 3 aromatic rings. The molecular formula is C25H29F4N7O. The summed E-state index contributed by atoms with van der Waals surface area (Å²) in [6.07, 6.45) is -0.748. The largest absolute Gasteiger partial charge is 0.416 e. The van der Waals surface area contributed by atoms with Crippen LogP contribution in [0.15, 0.2) is 29.3 Å². The van der Waals surface area contributed by atoms with Crippen LogP contribution in [0.5, 0.6) is 0 Å². The highest BCUT2D eigenvalue weighted by Gasteiger charge is 2.40. The number of hydrogen-bond acceptors (Lipinski definition) is 6. The molecule has 1 fully saturated rings. The molecule has 4 rings (SSSR count). The van der Waals surface area contributed by atoms with Crippen LogP contribution in [0.25, 0.3) is 11.0 Å². The third-order valence-electron chi connectivity index (χ3n) is 7.31. The minimum absolute atomic E-state index is 0.0373. The Bertz CT molecular complexity index is 1390. The molecule has 0 saturated carbocycles. The lowest BCUT2D eigenvalue weighted by Crippen LogP contribution is -2.59. The van der Waals surface area contributed by atoms with E-state index < -0.39 is 23.7 Å². The molecule has 12 heteroatoms. The van der Waals surface area contributed by atoms with Gasteiger partial charge >= 0.3 is 6.18 Å². The summed E-state index contributed by atoms with van der Waals surface area (Å²) in [6.45, 7) is 6.57. The number of fused-ring (bicyclic) bond motifs is 1. The van der Waals surface area contributed by atoms with Gasteiger partial charge in [0.2, 0.25) is 5.95 Å². The van der Waals surface area contributed by atoms with Crippen LogP contribution in [0.1, 0.15) is 50.8 Å². The normalized spacial score (nSPS) is 19.8.